The van der Waals surface area contributed by atoms with Gasteiger partial charge in [-0.05, 0) is 53.8 Å². The second kappa shape index (κ2) is 5.96. The van der Waals surface area contributed by atoms with Crippen LogP contribution < -0.4 is 5.73 Å². The fraction of sp³-hybridized carbons (Fsp3) is 0.647. The topological polar surface area (TPSA) is 46.2 Å². The molecule has 0 spiro atoms. The molecular formula is C17H29NO. The highest BCUT2D eigenvalue weighted by Gasteiger charge is 2.27. The van der Waals surface area contributed by atoms with Crippen molar-refractivity contribution in [1.29, 1.82) is 0 Å². The molecule has 0 heterocycles. The van der Waals surface area contributed by atoms with E-state index >= 15 is 0 Å². The van der Waals surface area contributed by atoms with Gasteiger partial charge in [-0.25, -0.2) is 0 Å². The number of phenolic OH excluding ortho intramolecular Hbond substituents is 1. The van der Waals surface area contributed by atoms with Gasteiger partial charge in [0.2, 0.25) is 0 Å². The summed E-state index contributed by atoms with van der Waals surface area (Å²) in [5, 5.41) is 9.92. The number of hydrogen-bond acceptors (Lipinski definition) is 2. The van der Waals surface area contributed by atoms with Crippen molar-refractivity contribution in [3.05, 3.63) is 29.3 Å². The van der Waals surface area contributed by atoms with Gasteiger partial charge in [0.05, 0.1) is 0 Å². The van der Waals surface area contributed by atoms with Crippen LogP contribution in [0.25, 0.3) is 0 Å². The predicted octanol–water partition coefficient (Wildman–Crippen LogP) is 4.00. The van der Waals surface area contributed by atoms with Crippen LogP contribution in [0.4, 0.5) is 0 Å². The van der Waals surface area contributed by atoms with Gasteiger partial charge < -0.3 is 10.8 Å². The molecule has 0 bridgehead atoms. The van der Waals surface area contributed by atoms with E-state index in [1.54, 1.807) is 0 Å². The lowest BCUT2D eigenvalue weighted by atomic mass is 9.72. The average molecular weight is 263 g/mol. The van der Waals surface area contributed by atoms with Gasteiger partial charge in [0.1, 0.15) is 5.75 Å². The molecule has 0 aliphatic heterocycles. The molecule has 0 aliphatic rings. The second-order valence-electron chi connectivity index (χ2n) is 7.36. The Balaban J connectivity index is 3.00. The first-order chi connectivity index (χ1) is 8.65. The van der Waals surface area contributed by atoms with E-state index in [4.69, 9.17) is 5.73 Å². The minimum Gasteiger partial charge on any atom is -0.508 e. The van der Waals surface area contributed by atoms with Crippen molar-refractivity contribution in [2.75, 3.05) is 6.54 Å². The molecule has 0 radical (unpaired) electrons. The van der Waals surface area contributed by atoms with Crippen LogP contribution in [0.15, 0.2) is 18.2 Å². The minimum absolute atomic E-state index is 0.114. The maximum absolute atomic E-state index is 9.92. The molecule has 3 N–H and O–H groups in total. The minimum atomic E-state index is 0.114. The molecule has 1 aromatic carbocycles. The van der Waals surface area contributed by atoms with Gasteiger partial charge in [0.15, 0.2) is 0 Å². The highest BCUT2D eigenvalue weighted by Crippen LogP contribution is 2.37. The lowest BCUT2D eigenvalue weighted by Gasteiger charge is -2.33. The van der Waals surface area contributed by atoms with E-state index in [0.29, 0.717) is 17.7 Å². The standard InChI is InChI=1S/C17H29NO/c1-16(2,3)12-17(4,5)14-8-9-15(19)13(11-14)7-6-10-18/h8-9,11,19H,6-7,10,12,18H2,1-5H3. The number of rotatable bonds is 5. The Morgan fingerprint density at radius 2 is 1.74 bits per heavy atom. The molecule has 1 rings (SSSR count). The molecule has 0 unspecified atom stereocenters. The first kappa shape index (κ1) is 16.0. The fourth-order valence-electron chi connectivity index (χ4n) is 2.93. The molecule has 0 amide bonds. The van der Waals surface area contributed by atoms with E-state index in [0.717, 1.165) is 24.8 Å². The third-order valence-corrected chi connectivity index (χ3v) is 3.48. The molecule has 19 heavy (non-hydrogen) atoms. The van der Waals surface area contributed by atoms with Crippen molar-refractivity contribution >= 4 is 0 Å². The molecule has 0 saturated heterocycles. The molecule has 0 saturated carbocycles. The molecule has 108 valence electrons. The Bertz CT molecular complexity index is 416. The van der Waals surface area contributed by atoms with E-state index in [1.807, 2.05) is 12.1 Å². The monoisotopic (exact) mass is 263 g/mol. The lowest BCUT2D eigenvalue weighted by molar-refractivity contribution is 0.284. The quantitative estimate of drug-likeness (QED) is 0.843. The molecule has 0 atom stereocenters. The number of benzene rings is 1. The summed E-state index contributed by atoms with van der Waals surface area (Å²) >= 11 is 0. The Morgan fingerprint density at radius 3 is 2.26 bits per heavy atom. The molecule has 2 heteroatoms. The number of aromatic hydroxyl groups is 1. The van der Waals surface area contributed by atoms with Crippen molar-refractivity contribution in [2.45, 2.75) is 59.3 Å². The van der Waals surface area contributed by atoms with E-state index in [9.17, 15) is 5.11 Å². The van der Waals surface area contributed by atoms with Crippen LogP contribution in [0.3, 0.4) is 0 Å². The van der Waals surface area contributed by atoms with Gasteiger partial charge in [0.25, 0.3) is 0 Å². The van der Waals surface area contributed by atoms with Crippen LogP contribution in [0.2, 0.25) is 0 Å². The van der Waals surface area contributed by atoms with Crippen LogP contribution in [0, 0.1) is 5.41 Å². The lowest BCUT2D eigenvalue weighted by Crippen LogP contribution is -2.25. The van der Waals surface area contributed by atoms with Crippen LogP contribution in [0.5, 0.6) is 5.75 Å². The van der Waals surface area contributed by atoms with Crippen LogP contribution >= 0.6 is 0 Å². The number of phenols is 1. The zero-order valence-electron chi connectivity index (χ0n) is 13.1. The largest absolute Gasteiger partial charge is 0.508 e. The third kappa shape index (κ3) is 4.87. The summed E-state index contributed by atoms with van der Waals surface area (Å²) in [6, 6.07) is 6.02. The third-order valence-electron chi connectivity index (χ3n) is 3.48. The highest BCUT2D eigenvalue weighted by molar-refractivity contribution is 5.39. The molecule has 0 aromatic heterocycles. The first-order valence-electron chi connectivity index (χ1n) is 7.18. The van der Waals surface area contributed by atoms with Gasteiger partial charge in [-0.2, -0.15) is 0 Å². The summed E-state index contributed by atoms with van der Waals surface area (Å²) in [4.78, 5) is 0. The summed E-state index contributed by atoms with van der Waals surface area (Å²) < 4.78 is 0. The van der Waals surface area contributed by atoms with E-state index < -0.39 is 0 Å². The summed E-state index contributed by atoms with van der Waals surface area (Å²) in [6.07, 6.45) is 2.87. The number of hydrogen-bond donors (Lipinski definition) is 2. The summed E-state index contributed by atoms with van der Waals surface area (Å²) in [5.74, 6) is 0.392. The van der Waals surface area contributed by atoms with Gasteiger partial charge >= 0.3 is 0 Å². The van der Waals surface area contributed by atoms with Crippen LogP contribution in [-0.2, 0) is 11.8 Å². The zero-order chi connectivity index (χ0) is 14.7. The van der Waals surface area contributed by atoms with Crippen molar-refractivity contribution < 1.29 is 5.11 Å². The summed E-state index contributed by atoms with van der Waals surface area (Å²) in [6.45, 7) is 12.0. The molecule has 0 aliphatic carbocycles. The number of nitrogens with two attached hydrogens (primary N) is 1. The average Bonchev–Trinajstić information content (AvgIpc) is 2.24. The molecule has 1 aromatic rings. The normalized spacial score (nSPS) is 12.7. The Kier molecular flexibility index (Phi) is 5.03. The Hall–Kier alpha value is -1.02. The smallest absolute Gasteiger partial charge is 0.118 e. The van der Waals surface area contributed by atoms with E-state index in [2.05, 4.69) is 40.7 Å². The van der Waals surface area contributed by atoms with E-state index in [1.165, 1.54) is 5.56 Å². The van der Waals surface area contributed by atoms with Gasteiger partial charge in [-0.15, -0.1) is 0 Å². The van der Waals surface area contributed by atoms with E-state index in [-0.39, 0.29) is 5.41 Å². The maximum atomic E-state index is 9.92. The molecule has 0 fully saturated rings. The van der Waals surface area contributed by atoms with Crippen LogP contribution in [-0.4, -0.2) is 11.7 Å². The highest BCUT2D eigenvalue weighted by atomic mass is 16.3. The van der Waals surface area contributed by atoms with Crippen molar-refractivity contribution in [1.82, 2.24) is 0 Å². The van der Waals surface area contributed by atoms with Crippen molar-refractivity contribution in [2.24, 2.45) is 11.1 Å². The Labute approximate surface area is 118 Å². The summed E-state index contributed by atoms with van der Waals surface area (Å²) in [5.41, 5.74) is 8.27. The summed E-state index contributed by atoms with van der Waals surface area (Å²) in [7, 11) is 0. The SMILES string of the molecule is CC(C)(C)CC(C)(C)c1ccc(O)c(CCCN)c1. The zero-order valence-corrected chi connectivity index (χ0v) is 13.1. The number of aryl methyl sites for hydroxylation is 1. The van der Waals surface area contributed by atoms with Crippen molar-refractivity contribution in [3.8, 4) is 5.75 Å². The molecular weight excluding hydrogens is 234 g/mol. The van der Waals surface area contributed by atoms with Gasteiger partial charge in [0, 0.05) is 0 Å². The fourth-order valence-corrected chi connectivity index (χ4v) is 2.93. The van der Waals surface area contributed by atoms with Crippen LogP contribution in [0.1, 0.15) is 58.6 Å². The molecule has 2 nitrogen and oxygen atoms in total. The van der Waals surface area contributed by atoms with Gasteiger partial charge in [-0.1, -0.05) is 46.8 Å². The van der Waals surface area contributed by atoms with Crippen molar-refractivity contribution in [3.63, 3.8) is 0 Å². The first-order valence-corrected chi connectivity index (χ1v) is 7.18. The van der Waals surface area contributed by atoms with Gasteiger partial charge in [-0.3, -0.25) is 0 Å². The second-order valence-corrected chi connectivity index (χ2v) is 7.36. The maximum Gasteiger partial charge on any atom is 0.118 e. The predicted molar refractivity (Wildman–Crippen MR) is 82.6 cm³/mol. The Morgan fingerprint density at radius 1 is 1.11 bits per heavy atom.